The lowest BCUT2D eigenvalue weighted by Gasteiger charge is -2.27. The molecule has 3 rings (SSSR count). The molecule has 0 aliphatic carbocycles. The quantitative estimate of drug-likeness (QED) is 0.807. The fourth-order valence-corrected chi connectivity index (χ4v) is 3.04. The van der Waals surface area contributed by atoms with E-state index in [1.165, 1.54) is 0 Å². The Bertz CT molecular complexity index is 754. The summed E-state index contributed by atoms with van der Waals surface area (Å²) in [5.41, 5.74) is 1.24. The van der Waals surface area contributed by atoms with Gasteiger partial charge in [-0.3, -0.25) is 9.69 Å². The van der Waals surface area contributed by atoms with Gasteiger partial charge in [-0.1, -0.05) is 12.1 Å². The zero-order chi connectivity index (χ0) is 19.2. The second-order valence-corrected chi connectivity index (χ2v) is 6.39. The van der Waals surface area contributed by atoms with Gasteiger partial charge in [0.2, 0.25) is 0 Å². The van der Waals surface area contributed by atoms with Crippen LogP contribution in [0, 0.1) is 0 Å². The first-order valence-corrected chi connectivity index (χ1v) is 8.73. The number of urea groups is 1. The van der Waals surface area contributed by atoms with Crippen molar-refractivity contribution < 1.29 is 23.8 Å². The molecule has 144 valence electrons. The zero-order valence-electron chi connectivity index (χ0n) is 15.1. The molecule has 0 radical (unpaired) electrons. The number of benzene rings is 1. The molecule has 1 unspecified atom stereocenters. The van der Waals surface area contributed by atoms with Crippen molar-refractivity contribution in [1.29, 1.82) is 0 Å². The number of furan rings is 1. The van der Waals surface area contributed by atoms with E-state index in [-0.39, 0.29) is 6.03 Å². The van der Waals surface area contributed by atoms with E-state index in [0.29, 0.717) is 49.9 Å². The normalized spacial score (nSPS) is 15.6. The van der Waals surface area contributed by atoms with Gasteiger partial charge in [0, 0.05) is 18.8 Å². The van der Waals surface area contributed by atoms with E-state index < -0.39 is 12.0 Å². The number of carbonyl (C=O) groups excluding carboxylic acids is 1. The minimum absolute atomic E-state index is 0.184. The molecular formula is C19H23N3O5. The van der Waals surface area contributed by atoms with Gasteiger partial charge in [0.25, 0.3) is 0 Å². The highest BCUT2D eigenvalue weighted by Gasteiger charge is 2.25. The van der Waals surface area contributed by atoms with Gasteiger partial charge >= 0.3 is 12.0 Å². The molecule has 27 heavy (non-hydrogen) atoms. The van der Waals surface area contributed by atoms with Crippen molar-refractivity contribution >= 4 is 17.7 Å². The number of ether oxygens (including phenoxy) is 1. The van der Waals surface area contributed by atoms with Gasteiger partial charge in [-0.2, -0.15) is 0 Å². The molecule has 0 bridgehead atoms. The Morgan fingerprint density at radius 3 is 2.52 bits per heavy atom. The van der Waals surface area contributed by atoms with Crippen LogP contribution in [0.25, 0.3) is 0 Å². The highest BCUT2D eigenvalue weighted by molar-refractivity contribution is 5.89. The van der Waals surface area contributed by atoms with E-state index in [2.05, 4.69) is 5.32 Å². The van der Waals surface area contributed by atoms with E-state index in [9.17, 15) is 14.7 Å². The van der Waals surface area contributed by atoms with Gasteiger partial charge < -0.3 is 24.5 Å². The predicted octanol–water partition coefficient (Wildman–Crippen LogP) is 2.40. The number of carboxylic acid groups (broad SMARTS) is 1. The molecule has 8 heteroatoms. The summed E-state index contributed by atoms with van der Waals surface area (Å²) in [5.74, 6) is -0.257. The number of amides is 2. The van der Waals surface area contributed by atoms with Crippen molar-refractivity contribution in [2.24, 2.45) is 0 Å². The van der Waals surface area contributed by atoms with Crippen molar-refractivity contribution in [3.8, 4) is 0 Å². The Labute approximate surface area is 157 Å². The fraction of sp³-hybridized carbons (Fsp3) is 0.368. The van der Waals surface area contributed by atoms with Crippen LogP contribution >= 0.6 is 0 Å². The number of hydrogen-bond acceptors (Lipinski definition) is 5. The van der Waals surface area contributed by atoms with Crippen molar-refractivity contribution in [3.63, 3.8) is 0 Å². The lowest BCUT2D eigenvalue weighted by atomic mass is 10.1. The second-order valence-electron chi connectivity index (χ2n) is 6.39. The SMILES string of the molecule is CN(Cc1ccco1)C(C(=O)O)c1ccc(NC(=O)N2CCOCC2)cc1. The number of aliphatic carboxylic acids is 1. The first kappa shape index (κ1) is 18.9. The molecule has 1 fully saturated rings. The largest absolute Gasteiger partial charge is 0.480 e. The summed E-state index contributed by atoms with van der Waals surface area (Å²) in [7, 11) is 1.73. The number of hydrogen-bond donors (Lipinski definition) is 2. The summed E-state index contributed by atoms with van der Waals surface area (Å²) >= 11 is 0. The third-order valence-electron chi connectivity index (χ3n) is 4.44. The highest BCUT2D eigenvalue weighted by Crippen LogP contribution is 2.23. The molecule has 1 aliphatic heterocycles. The molecular weight excluding hydrogens is 350 g/mol. The van der Waals surface area contributed by atoms with Crippen LogP contribution in [-0.4, -0.2) is 60.3 Å². The van der Waals surface area contributed by atoms with Crippen LogP contribution in [-0.2, 0) is 16.1 Å². The Kier molecular flexibility index (Phi) is 6.10. The number of carboxylic acids is 1. The van der Waals surface area contributed by atoms with Crippen LogP contribution in [0.1, 0.15) is 17.4 Å². The average Bonchev–Trinajstić information content (AvgIpc) is 3.16. The molecule has 8 nitrogen and oxygen atoms in total. The molecule has 1 aromatic carbocycles. The maximum Gasteiger partial charge on any atom is 0.325 e. The van der Waals surface area contributed by atoms with Crippen LogP contribution in [0.4, 0.5) is 10.5 Å². The maximum absolute atomic E-state index is 12.2. The molecule has 2 heterocycles. The number of morpholine rings is 1. The molecule has 1 aliphatic rings. The van der Waals surface area contributed by atoms with Crippen LogP contribution < -0.4 is 5.32 Å². The predicted molar refractivity (Wildman–Crippen MR) is 98.4 cm³/mol. The molecule has 0 saturated carbocycles. The van der Waals surface area contributed by atoms with Crippen molar-refractivity contribution in [3.05, 3.63) is 54.0 Å². The van der Waals surface area contributed by atoms with Crippen molar-refractivity contribution in [1.82, 2.24) is 9.80 Å². The smallest absolute Gasteiger partial charge is 0.325 e. The number of rotatable bonds is 6. The summed E-state index contributed by atoms with van der Waals surface area (Å²) in [6, 6.07) is 9.42. The topological polar surface area (TPSA) is 95.2 Å². The lowest BCUT2D eigenvalue weighted by Crippen LogP contribution is -2.43. The van der Waals surface area contributed by atoms with E-state index in [1.807, 2.05) is 0 Å². The molecule has 0 spiro atoms. The van der Waals surface area contributed by atoms with Gasteiger partial charge in [-0.15, -0.1) is 0 Å². The third-order valence-corrected chi connectivity index (χ3v) is 4.44. The summed E-state index contributed by atoms with van der Waals surface area (Å²) < 4.78 is 10.5. The molecule has 1 atom stereocenters. The van der Waals surface area contributed by atoms with Gasteiger partial charge in [0.15, 0.2) is 0 Å². The van der Waals surface area contributed by atoms with Gasteiger partial charge in [0.1, 0.15) is 11.8 Å². The van der Waals surface area contributed by atoms with E-state index >= 15 is 0 Å². The summed E-state index contributed by atoms with van der Waals surface area (Å²) in [6.07, 6.45) is 1.56. The lowest BCUT2D eigenvalue weighted by molar-refractivity contribution is -0.143. The molecule has 2 amide bonds. The summed E-state index contributed by atoms with van der Waals surface area (Å²) in [4.78, 5) is 27.4. The average molecular weight is 373 g/mol. The Morgan fingerprint density at radius 1 is 1.22 bits per heavy atom. The maximum atomic E-state index is 12.2. The van der Waals surface area contributed by atoms with Gasteiger partial charge in [-0.25, -0.2) is 4.79 Å². The number of likely N-dealkylation sites (N-methyl/N-ethyl adjacent to an activating group) is 1. The van der Waals surface area contributed by atoms with Crippen molar-refractivity contribution in [2.45, 2.75) is 12.6 Å². The zero-order valence-corrected chi connectivity index (χ0v) is 15.1. The van der Waals surface area contributed by atoms with Gasteiger partial charge in [0.05, 0.1) is 26.0 Å². The monoisotopic (exact) mass is 373 g/mol. The first-order chi connectivity index (χ1) is 13.0. The van der Waals surface area contributed by atoms with E-state index in [4.69, 9.17) is 9.15 Å². The molecule has 2 aromatic rings. The standard InChI is InChI=1S/C19H23N3O5/c1-21(13-16-3-2-10-27-16)17(18(23)24)14-4-6-15(7-5-14)20-19(25)22-8-11-26-12-9-22/h2-7,10,17H,8-9,11-13H2,1H3,(H,20,25)(H,23,24). The second kappa shape index (κ2) is 8.70. The van der Waals surface area contributed by atoms with Crippen LogP contribution in [0.15, 0.2) is 47.1 Å². The first-order valence-electron chi connectivity index (χ1n) is 8.73. The van der Waals surface area contributed by atoms with Crippen LogP contribution in [0.5, 0.6) is 0 Å². The minimum Gasteiger partial charge on any atom is -0.480 e. The number of nitrogens with one attached hydrogen (secondary N) is 1. The fourth-order valence-electron chi connectivity index (χ4n) is 3.04. The van der Waals surface area contributed by atoms with E-state index in [0.717, 1.165) is 0 Å². The molecule has 1 aromatic heterocycles. The minimum atomic E-state index is -0.950. The van der Waals surface area contributed by atoms with E-state index in [1.54, 1.807) is 59.5 Å². The number of nitrogens with zero attached hydrogens (tertiary/aromatic N) is 2. The third kappa shape index (κ3) is 4.87. The summed E-state index contributed by atoms with van der Waals surface area (Å²) in [5, 5.41) is 12.5. The molecule has 2 N–H and O–H groups in total. The van der Waals surface area contributed by atoms with Crippen molar-refractivity contribution in [2.75, 3.05) is 38.7 Å². The summed E-state index contributed by atoms with van der Waals surface area (Å²) in [6.45, 7) is 2.56. The van der Waals surface area contributed by atoms with Crippen LogP contribution in [0.2, 0.25) is 0 Å². The molecule has 1 saturated heterocycles. The van der Waals surface area contributed by atoms with Crippen LogP contribution in [0.3, 0.4) is 0 Å². The number of anilines is 1. The Balaban J connectivity index is 1.66. The highest BCUT2D eigenvalue weighted by atomic mass is 16.5. The Morgan fingerprint density at radius 2 is 1.93 bits per heavy atom. The number of carbonyl (C=O) groups is 2. The Hall–Kier alpha value is -2.84. The van der Waals surface area contributed by atoms with Gasteiger partial charge in [-0.05, 0) is 36.9 Å².